The first-order valence-corrected chi connectivity index (χ1v) is 11.7. The van der Waals surface area contributed by atoms with E-state index in [1.165, 1.54) is 48.6 Å². The summed E-state index contributed by atoms with van der Waals surface area (Å²) in [5, 5.41) is 0. The summed E-state index contributed by atoms with van der Waals surface area (Å²) in [6, 6.07) is 16.6. The number of thioether (sulfide) groups is 1. The second-order valence-electron chi connectivity index (χ2n) is 8.08. The molecule has 0 aromatic heterocycles. The van der Waals surface area contributed by atoms with Gasteiger partial charge in [0.15, 0.2) is 0 Å². The lowest BCUT2D eigenvalue weighted by Gasteiger charge is -2.21. The fourth-order valence-corrected chi connectivity index (χ4v) is 5.89. The van der Waals surface area contributed by atoms with Gasteiger partial charge in [-0.1, -0.05) is 92.3 Å². The van der Waals surface area contributed by atoms with Crippen molar-refractivity contribution in [2.75, 3.05) is 0 Å². The summed E-state index contributed by atoms with van der Waals surface area (Å²) in [4.78, 5) is 15.4. The Balaban J connectivity index is 1.57. The van der Waals surface area contributed by atoms with Gasteiger partial charge < -0.3 is 0 Å². The van der Waals surface area contributed by atoms with E-state index in [9.17, 15) is 4.79 Å². The molecule has 0 N–H and O–H groups in total. The topological polar surface area (TPSA) is 20.3 Å². The van der Waals surface area contributed by atoms with Gasteiger partial charge in [0.25, 0.3) is 5.91 Å². The number of hydrogen-bond donors (Lipinski definition) is 0. The number of hydrogen-bond acceptors (Lipinski definition) is 3. The first kappa shape index (κ1) is 20.4. The number of benzene rings is 2. The Hall–Kier alpha value is -1.91. The molecule has 4 heteroatoms. The van der Waals surface area contributed by atoms with Crippen LogP contribution in [0, 0.1) is 12.8 Å². The van der Waals surface area contributed by atoms with Gasteiger partial charge in [-0.15, -0.1) is 0 Å². The van der Waals surface area contributed by atoms with Crippen molar-refractivity contribution in [2.45, 2.75) is 52.0 Å². The van der Waals surface area contributed by atoms with Gasteiger partial charge in [-0.05, 0) is 59.9 Å². The van der Waals surface area contributed by atoms with Crippen LogP contribution in [-0.2, 0) is 11.3 Å². The van der Waals surface area contributed by atoms with Gasteiger partial charge >= 0.3 is 0 Å². The normalized spacial score (nSPS) is 23.4. The predicted octanol–water partition coefficient (Wildman–Crippen LogP) is 6.69. The molecule has 150 valence electrons. The molecule has 2 unspecified atom stereocenters. The first-order chi connectivity index (χ1) is 14.1. The maximum atomic E-state index is 13.0. The summed E-state index contributed by atoms with van der Waals surface area (Å²) in [5.41, 5.74) is 5.02. The number of carbonyl (C=O) groups is 1. The van der Waals surface area contributed by atoms with Crippen LogP contribution >= 0.6 is 24.0 Å². The van der Waals surface area contributed by atoms with E-state index in [2.05, 4.69) is 32.0 Å². The molecule has 1 heterocycles. The predicted molar refractivity (Wildman–Crippen MR) is 127 cm³/mol. The van der Waals surface area contributed by atoms with Crippen LogP contribution in [0.5, 0.6) is 0 Å². The van der Waals surface area contributed by atoms with E-state index < -0.39 is 0 Å². The highest BCUT2D eigenvalue weighted by Gasteiger charge is 2.32. The molecule has 2 fully saturated rings. The van der Waals surface area contributed by atoms with Crippen LogP contribution in [0.15, 0.2) is 53.4 Å². The monoisotopic (exact) mass is 421 g/mol. The third kappa shape index (κ3) is 4.34. The highest BCUT2D eigenvalue weighted by Crippen LogP contribution is 2.43. The first-order valence-electron chi connectivity index (χ1n) is 10.5. The lowest BCUT2D eigenvalue weighted by atomic mass is 9.84. The molecule has 2 aromatic rings. The van der Waals surface area contributed by atoms with Crippen LogP contribution in [0.4, 0.5) is 0 Å². The minimum atomic E-state index is 0.0123. The molecule has 4 rings (SSSR count). The number of carbonyl (C=O) groups excluding carboxylic acids is 1. The van der Waals surface area contributed by atoms with Crippen LogP contribution in [0.2, 0.25) is 0 Å². The lowest BCUT2D eigenvalue weighted by Crippen LogP contribution is -2.27. The molecule has 1 aliphatic carbocycles. The fourth-order valence-electron chi connectivity index (χ4n) is 4.64. The standard InChI is InChI=1S/C25H27NOS2/c1-3-20-10-7-11-21(20)22-14-19(13-12-17(22)2)15-23-24(27)26(25(28)29-23)16-18-8-5-4-6-9-18/h4-6,8-9,12-15,20-21H,3,7,10-11,16H2,1-2H3/b23-15+. The van der Waals surface area contributed by atoms with Crippen LogP contribution in [0.25, 0.3) is 6.08 Å². The van der Waals surface area contributed by atoms with Gasteiger partial charge in [0, 0.05) is 0 Å². The van der Waals surface area contributed by atoms with Crippen molar-refractivity contribution in [2.24, 2.45) is 5.92 Å². The molecule has 1 amide bonds. The quantitative estimate of drug-likeness (QED) is 0.396. The maximum absolute atomic E-state index is 13.0. The van der Waals surface area contributed by atoms with Crippen molar-refractivity contribution in [1.82, 2.24) is 4.90 Å². The van der Waals surface area contributed by atoms with Crippen LogP contribution in [0.3, 0.4) is 0 Å². The third-order valence-electron chi connectivity index (χ3n) is 6.24. The molecule has 1 saturated carbocycles. The zero-order valence-electron chi connectivity index (χ0n) is 17.1. The van der Waals surface area contributed by atoms with E-state index in [0.29, 0.717) is 16.8 Å². The average molecular weight is 422 g/mol. The molecule has 0 radical (unpaired) electrons. The molecule has 1 aliphatic heterocycles. The molecular weight excluding hydrogens is 394 g/mol. The second kappa shape index (κ2) is 8.85. The summed E-state index contributed by atoms with van der Waals surface area (Å²) in [6.45, 7) is 5.05. The summed E-state index contributed by atoms with van der Waals surface area (Å²) >= 11 is 6.91. The molecule has 0 bridgehead atoms. The molecular formula is C25H27NOS2. The van der Waals surface area contributed by atoms with Gasteiger partial charge in [-0.2, -0.15) is 0 Å². The number of rotatable bonds is 5. The summed E-state index contributed by atoms with van der Waals surface area (Å²) in [5.74, 6) is 1.45. The van der Waals surface area contributed by atoms with E-state index in [1.807, 2.05) is 36.4 Å². The van der Waals surface area contributed by atoms with Crippen molar-refractivity contribution in [3.8, 4) is 0 Å². The molecule has 2 nitrogen and oxygen atoms in total. The van der Waals surface area contributed by atoms with Gasteiger partial charge in [0.1, 0.15) is 4.32 Å². The molecule has 2 atom stereocenters. The Morgan fingerprint density at radius 1 is 1.17 bits per heavy atom. The van der Waals surface area contributed by atoms with Crippen LogP contribution in [0.1, 0.15) is 60.8 Å². The van der Waals surface area contributed by atoms with Gasteiger partial charge in [-0.3, -0.25) is 9.69 Å². The Kier molecular flexibility index (Phi) is 6.21. The lowest BCUT2D eigenvalue weighted by molar-refractivity contribution is -0.122. The Morgan fingerprint density at radius 2 is 1.97 bits per heavy atom. The average Bonchev–Trinajstić information content (AvgIpc) is 3.30. The van der Waals surface area contributed by atoms with Crippen LogP contribution < -0.4 is 0 Å². The van der Waals surface area contributed by atoms with Crippen LogP contribution in [-0.4, -0.2) is 15.1 Å². The molecule has 2 aliphatic rings. The van der Waals surface area contributed by atoms with Crippen molar-refractivity contribution < 1.29 is 4.79 Å². The van der Waals surface area contributed by atoms with Crippen molar-refractivity contribution in [3.63, 3.8) is 0 Å². The minimum Gasteiger partial charge on any atom is -0.288 e. The van der Waals surface area contributed by atoms with E-state index in [1.54, 1.807) is 4.90 Å². The van der Waals surface area contributed by atoms with E-state index in [-0.39, 0.29) is 5.91 Å². The van der Waals surface area contributed by atoms with E-state index >= 15 is 0 Å². The van der Waals surface area contributed by atoms with E-state index in [4.69, 9.17) is 12.2 Å². The number of nitrogens with zero attached hydrogens (tertiary/aromatic N) is 1. The van der Waals surface area contributed by atoms with Crippen molar-refractivity contribution in [1.29, 1.82) is 0 Å². The zero-order chi connectivity index (χ0) is 20.4. The van der Waals surface area contributed by atoms with Gasteiger partial charge in [0.2, 0.25) is 0 Å². The largest absolute Gasteiger partial charge is 0.288 e. The molecule has 0 spiro atoms. The molecule has 2 aromatic carbocycles. The Morgan fingerprint density at radius 3 is 2.72 bits per heavy atom. The number of thiocarbonyl (C=S) groups is 1. The Labute approximate surface area is 183 Å². The SMILES string of the molecule is CCC1CCCC1c1cc(/C=C2/SC(=S)N(Cc3ccccc3)C2=O)ccc1C. The maximum Gasteiger partial charge on any atom is 0.266 e. The number of aryl methyl sites for hydroxylation is 1. The van der Waals surface area contributed by atoms with Crippen molar-refractivity contribution in [3.05, 3.63) is 75.7 Å². The fraction of sp³-hybridized carbons (Fsp3) is 0.360. The smallest absolute Gasteiger partial charge is 0.266 e. The molecule has 1 saturated heterocycles. The van der Waals surface area contributed by atoms with E-state index in [0.717, 1.165) is 21.9 Å². The summed E-state index contributed by atoms with van der Waals surface area (Å²) in [7, 11) is 0. The van der Waals surface area contributed by atoms with Gasteiger partial charge in [-0.25, -0.2) is 0 Å². The number of amides is 1. The highest BCUT2D eigenvalue weighted by molar-refractivity contribution is 8.26. The second-order valence-corrected chi connectivity index (χ2v) is 9.75. The summed E-state index contributed by atoms with van der Waals surface area (Å²) < 4.78 is 0.638. The van der Waals surface area contributed by atoms with Gasteiger partial charge in [0.05, 0.1) is 11.4 Å². The zero-order valence-corrected chi connectivity index (χ0v) is 18.7. The van der Waals surface area contributed by atoms with Crippen molar-refractivity contribution >= 4 is 40.3 Å². The third-order valence-corrected chi connectivity index (χ3v) is 7.62. The Bertz CT molecular complexity index is 951. The summed E-state index contributed by atoms with van der Waals surface area (Å²) in [6.07, 6.45) is 7.20. The highest BCUT2D eigenvalue weighted by atomic mass is 32.2. The minimum absolute atomic E-state index is 0.0123. The molecule has 29 heavy (non-hydrogen) atoms.